The van der Waals surface area contributed by atoms with Crippen LogP contribution in [0, 0.1) is 5.92 Å². The molecule has 1 fully saturated rings. The van der Waals surface area contributed by atoms with E-state index in [0.29, 0.717) is 32.7 Å². The van der Waals surface area contributed by atoms with Gasteiger partial charge >= 0.3 is 0 Å². The number of sulfonamides is 1. The first-order chi connectivity index (χ1) is 8.10. The van der Waals surface area contributed by atoms with E-state index in [4.69, 9.17) is 0 Å². The highest BCUT2D eigenvalue weighted by molar-refractivity contribution is 7.89. The summed E-state index contributed by atoms with van der Waals surface area (Å²) in [6.07, 6.45) is 0. The molecule has 1 aliphatic rings. The standard InChI is InChI=1S/C12H26N2O3S/c1-11(2)9-18(16,17)14-7-5-13(6-8-14)10-12(3,4)15/h11,15H,5-10H2,1-4H3. The van der Waals surface area contributed by atoms with E-state index in [0.717, 1.165) is 0 Å². The van der Waals surface area contributed by atoms with E-state index < -0.39 is 15.6 Å². The Morgan fingerprint density at radius 3 is 2.06 bits per heavy atom. The van der Waals surface area contributed by atoms with Crippen molar-refractivity contribution in [3.63, 3.8) is 0 Å². The lowest BCUT2D eigenvalue weighted by molar-refractivity contribution is 0.0263. The molecule has 0 saturated carbocycles. The molecule has 0 aromatic heterocycles. The molecule has 0 aromatic carbocycles. The maximum Gasteiger partial charge on any atom is 0.214 e. The Kier molecular flexibility index (Phi) is 5.17. The molecule has 1 saturated heterocycles. The fourth-order valence-electron chi connectivity index (χ4n) is 2.24. The Hall–Kier alpha value is -0.170. The van der Waals surface area contributed by atoms with E-state index in [9.17, 15) is 13.5 Å². The second-order valence-corrected chi connectivity index (χ2v) is 8.17. The third kappa shape index (κ3) is 5.22. The van der Waals surface area contributed by atoms with Crippen molar-refractivity contribution in [3.05, 3.63) is 0 Å². The molecule has 6 heteroatoms. The molecule has 1 heterocycles. The average molecular weight is 278 g/mol. The van der Waals surface area contributed by atoms with Gasteiger partial charge in [0.15, 0.2) is 0 Å². The molecular weight excluding hydrogens is 252 g/mol. The summed E-state index contributed by atoms with van der Waals surface area (Å²) in [5, 5.41) is 9.74. The number of piperazine rings is 1. The van der Waals surface area contributed by atoms with Crippen molar-refractivity contribution in [1.82, 2.24) is 9.21 Å². The van der Waals surface area contributed by atoms with Crippen LogP contribution in [0.15, 0.2) is 0 Å². The van der Waals surface area contributed by atoms with Gasteiger partial charge in [0.25, 0.3) is 0 Å². The summed E-state index contributed by atoms with van der Waals surface area (Å²) in [5.41, 5.74) is -0.723. The third-order valence-electron chi connectivity index (χ3n) is 2.88. The molecule has 1 N–H and O–H groups in total. The SMILES string of the molecule is CC(C)CS(=O)(=O)N1CCN(CC(C)(C)O)CC1. The van der Waals surface area contributed by atoms with E-state index in [1.807, 2.05) is 13.8 Å². The minimum atomic E-state index is -3.11. The summed E-state index contributed by atoms with van der Waals surface area (Å²) in [6.45, 7) is 10.4. The van der Waals surface area contributed by atoms with Crippen LogP contribution in [0.1, 0.15) is 27.7 Å². The topological polar surface area (TPSA) is 60.9 Å². The van der Waals surface area contributed by atoms with E-state index in [-0.39, 0.29) is 11.7 Å². The van der Waals surface area contributed by atoms with Crippen LogP contribution in [0.5, 0.6) is 0 Å². The van der Waals surface area contributed by atoms with Crippen LogP contribution in [0.4, 0.5) is 0 Å². The molecule has 5 nitrogen and oxygen atoms in total. The highest BCUT2D eigenvalue weighted by atomic mass is 32.2. The van der Waals surface area contributed by atoms with Crippen LogP contribution in [0.3, 0.4) is 0 Å². The van der Waals surface area contributed by atoms with Gasteiger partial charge in [0.1, 0.15) is 0 Å². The average Bonchev–Trinajstić information content (AvgIpc) is 2.13. The molecule has 0 radical (unpaired) electrons. The molecule has 0 aliphatic carbocycles. The number of hydrogen-bond acceptors (Lipinski definition) is 4. The first kappa shape index (κ1) is 15.9. The molecule has 1 rings (SSSR count). The molecule has 0 bridgehead atoms. The molecule has 0 amide bonds. The van der Waals surface area contributed by atoms with Gasteiger partial charge in [-0.15, -0.1) is 0 Å². The molecule has 108 valence electrons. The first-order valence-corrected chi connectivity index (χ1v) is 8.13. The zero-order valence-corrected chi connectivity index (χ0v) is 12.7. The molecule has 0 aromatic rings. The van der Waals surface area contributed by atoms with Crippen LogP contribution in [0.2, 0.25) is 0 Å². The molecule has 1 aliphatic heterocycles. The van der Waals surface area contributed by atoms with Crippen LogP contribution >= 0.6 is 0 Å². The molecule has 0 unspecified atom stereocenters. The number of nitrogens with zero attached hydrogens (tertiary/aromatic N) is 2. The van der Waals surface area contributed by atoms with Crippen molar-refractivity contribution in [2.45, 2.75) is 33.3 Å². The van der Waals surface area contributed by atoms with Gasteiger partial charge in [0.2, 0.25) is 10.0 Å². The van der Waals surface area contributed by atoms with E-state index in [1.54, 1.807) is 18.2 Å². The van der Waals surface area contributed by atoms with Gasteiger partial charge in [0, 0.05) is 32.7 Å². The van der Waals surface area contributed by atoms with Gasteiger partial charge in [-0.3, -0.25) is 4.90 Å². The second-order valence-electron chi connectivity index (χ2n) is 6.16. The summed E-state index contributed by atoms with van der Waals surface area (Å²) in [5.74, 6) is 0.378. The predicted octanol–water partition coefficient (Wildman–Crippen LogP) is 0.361. The summed E-state index contributed by atoms with van der Waals surface area (Å²) in [7, 11) is -3.11. The number of hydrogen-bond donors (Lipinski definition) is 1. The minimum absolute atomic E-state index is 0.157. The zero-order chi connectivity index (χ0) is 14.0. The third-order valence-corrected chi connectivity index (χ3v) is 5.12. The Labute approximate surface area is 111 Å². The van der Waals surface area contributed by atoms with E-state index in [2.05, 4.69) is 4.90 Å². The summed E-state index contributed by atoms with van der Waals surface area (Å²) >= 11 is 0. The van der Waals surface area contributed by atoms with E-state index in [1.165, 1.54) is 0 Å². The molecule has 18 heavy (non-hydrogen) atoms. The monoisotopic (exact) mass is 278 g/mol. The summed E-state index contributed by atoms with van der Waals surface area (Å²) < 4.78 is 25.7. The zero-order valence-electron chi connectivity index (χ0n) is 11.9. The highest BCUT2D eigenvalue weighted by Crippen LogP contribution is 2.13. The smallest absolute Gasteiger partial charge is 0.214 e. The van der Waals surface area contributed by atoms with Crippen molar-refractivity contribution < 1.29 is 13.5 Å². The predicted molar refractivity (Wildman–Crippen MR) is 72.9 cm³/mol. The van der Waals surface area contributed by atoms with E-state index >= 15 is 0 Å². The van der Waals surface area contributed by atoms with Crippen LogP contribution < -0.4 is 0 Å². The van der Waals surface area contributed by atoms with Crippen molar-refractivity contribution in [3.8, 4) is 0 Å². The summed E-state index contributed by atoms with van der Waals surface area (Å²) in [6, 6.07) is 0. The van der Waals surface area contributed by atoms with Crippen LogP contribution in [-0.2, 0) is 10.0 Å². The van der Waals surface area contributed by atoms with Crippen molar-refractivity contribution in [2.24, 2.45) is 5.92 Å². The normalized spacial score (nSPS) is 20.6. The molecule has 0 atom stereocenters. The van der Waals surface area contributed by atoms with Gasteiger partial charge in [-0.2, -0.15) is 4.31 Å². The van der Waals surface area contributed by atoms with Gasteiger partial charge < -0.3 is 5.11 Å². The molecule has 0 spiro atoms. The van der Waals surface area contributed by atoms with Gasteiger partial charge in [-0.05, 0) is 19.8 Å². The van der Waals surface area contributed by atoms with Crippen molar-refractivity contribution >= 4 is 10.0 Å². The van der Waals surface area contributed by atoms with Crippen LogP contribution in [-0.4, -0.2) is 66.8 Å². The second kappa shape index (κ2) is 5.86. The minimum Gasteiger partial charge on any atom is -0.389 e. The Morgan fingerprint density at radius 1 is 1.17 bits per heavy atom. The van der Waals surface area contributed by atoms with Gasteiger partial charge in [-0.25, -0.2) is 8.42 Å². The lowest BCUT2D eigenvalue weighted by atomic mass is 10.1. The fraction of sp³-hybridized carbons (Fsp3) is 1.00. The maximum atomic E-state index is 12.0. The number of aliphatic hydroxyl groups is 1. The lowest BCUT2D eigenvalue weighted by Gasteiger charge is -2.36. The maximum absolute atomic E-state index is 12.0. The van der Waals surface area contributed by atoms with Crippen LogP contribution in [0.25, 0.3) is 0 Å². The number of β-amino-alcohol motifs (C(OH)–C–C–N with tert-alkyl or cyclic N) is 1. The highest BCUT2D eigenvalue weighted by Gasteiger charge is 2.29. The largest absolute Gasteiger partial charge is 0.389 e. The van der Waals surface area contributed by atoms with Gasteiger partial charge in [-0.1, -0.05) is 13.8 Å². The number of rotatable bonds is 5. The fourth-order valence-corrected chi connectivity index (χ4v) is 4.01. The Bertz CT molecular complexity index is 352. The Balaban J connectivity index is 2.49. The lowest BCUT2D eigenvalue weighted by Crippen LogP contribution is -2.52. The molecular formula is C12H26N2O3S. The van der Waals surface area contributed by atoms with Crippen molar-refractivity contribution in [1.29, 1.82) is 0 Å². The van der Waals surface area contributed by atoms with Gasteiger partial charge in [0.05, 0.1) is 11.4 Å². The van der Waals surface area contributed by atoms with Crippen molar-refractivity contribution in [2.75, 3.05) is 38.5 Å². The first-order valence-electron chi connectivity index (χ1n) is 6.53. The quantitative estimate of drug-likeness (QED) is 0.789. The summed E-state index contributed by atoms with van der Waals surface area (Å²) in [4.78, 5) is 2.11. The Morgan fingerprint density at radius 2 is 1.67 bits per heavy atom.